The molecule has 10 nitrogen and oxygen atoms in total. The van der Waals surface area contributed by atoms with E-state index in [0.717, 1.165) is 6.92 Å². The molecular weight excluding hydrogens is 473 g/mol. The number of ether oxygens (including phenoxy) is 1. The van der Waals surface area contributed by atoms with E-state index in [2.05, 4.69) is 15.0 Å². The van der Waals surface area contributed by atoms with Crippen molar-refractivity contribution >= 4 is 30.5 Å². The van der Waals surface area contributed by atoms with Crippen LogP contribution in [0.5, 0.6) is 0 Å². The van der Waals surface area contributed by atoms with E-state index in [-0.39, 0.29) is 17.1 Å². The van der Waals surface area contributed by atoms with Crippen molar-refractivity contribution in [3.05, 3.63) is 6.33 Å². The van der Waals surface area contributed by atoms with Crippen molar-refractivity contribution in [3.63, 3.8) is 0 Å². The molecule has 2 heterocycles. The quantitative estimate of drug-likeness (QED) is 0.373. The van der Waals surface area contributed by atoms with Gasteiger partial charge in [-0.3, -0.25) is 4.57 Å². The number of anilines is 2. The van der Waals surface area contributed by atoms with Crippen molar-refractivity contribution < 1.29 is 45.4 Å². The summed E-state index contributed by atoms with van der Waals surface area (Å²) in [5, 5.41) is -3.86. The van der Waals surface area contributed by atoms with Gasteiger partial charge in [0, 0.05) is 14.1 Å². The number of alkyl halides is 6. The van der Waals surface area contributed by atoms with Gasteiger partial charge in [-0.1, -0.05) is 0 Å². The summed E-state index contributed by atoms with van der Waals surface area (Å²) in [7, 11) is -2.79. The Morgan fingerprint density at radius 1 is 1.16 bits per heavy atom. The van der Waals surface area contributed by atoms with Gasteiger partial charge in [-0.2, -0.15) is 36.3 Å². The van der Waals surface area contributed by atoms with Crippen molar-refractivity contribution in [3.8, 4) is 0 Å². The largest absolute Gasteiger partial charge is 0.392 e. The number of hydrogen-bond donors (Lipinski definition) is 3. The molecule has 2 aromatic heterocycles. The summed E-state index contributed by atoms with van der Waals surface area (Å²) in [4.78, 5) is 32.5. The second-order valence-corrected chi connectivity index (χ2v) is 9.27. The summed E-state index contributed by atoms with van der Waals surface area (Å²) >= 11 is 0. The van der Waals surface area contributed by atoms with Crippen LogP contribution in [-0.2, 0) is 15.8 Å². The van der Waals surface area contributed by atoms with E-state index < -0.39 is 50.8 Å². The van der Waals surface area contributed by atoms with E-state index in [4.69, 9.17) is 10.5 Å². The highest BCUT2D eigenvalue weighted by molar-refractivity contribution is 7.53. The monoisotopic (exact) mass is 494 g/mol. The van der Waals surface area contributed by atoms with Crippen LogP contribution in [0.1, 0.15) is 19.8 Å². The Labute approximate surface area is 177 Å². The molecule has 0 saturated heterocycles. The molecule has 2 aromatic rings. The van der Waals surface area contributed by atoms with Gasteiger partial charge >= 0.3 is 19.9 Å². The van der Waals surface area contributed by atoms with Gasteiger partial charge in [0.2, 0.25) is 5.95 Å². The zero-order chi connectivity index (χ0) is 24.7. The summed E-state index contributed by atoms with van der Waals surface area (Å²) in [6, 6.07) is 0. The zero-order valence-corrected chi connectivity index (χ0v) is 17.9. The summed E-state index contributed by atoms with van der Waals surface area (Å²) in [6.07, 6.45) is -16.1. The Hall–Kier alpha value is -2.16. The molecule has 0 aromatic carbocycles. The number of nitrogen functional groups attached to an aromatic ring is 1. The summed E-state index contributed by atoms with van der Waals surface area (Å²) < 4.78 is 96.0. The molecule has 17 heteroatoms. The molecule has 32 heavy (non-hydrogen) atoms. The minimum absolute atomic E-state index is 0.102. The molecule has 0 fully saturated rings. The van der Waals surface area contributed by atoms with Crippen LogP contribution in [0, 0.1) is 0 Å². The SMILES string of the molecule is CC(Cn1cnc2c(N(C)C)nc(N)nc21)OC(CC(F)(F)F)(CC(F)(F)F)P(=O)(O)O. The number of nitrogens with zero attached hydrogens (tertiary/aromatic N) is 5. The first-order chi connectivity index (χ1) is 14.3. The molecule has 1 unspecified atom stereocenters. The molecule has 0 aliphatic heterocycles. The lowest BCUT2D eigenvalue weighted by Gasteiger charge is -2.37. The molecular formula is C15H21F6N6O4P. The zero-order valence-electron chi connectivity index (χ0n) is 17.0. The van der Waals surface area contributed by atoms with Gasteiger partial charge in [0.15, 0.2) is 22.3 Å². The second-order valence-electron chi connectivity index (χ2n) is 7.37. The molecule has 0 radical (unpaired) electrons. The van der Waals surface area contributed by atoms with E-state index in [1.54, 1.807) is 19.0 Å². The first-order valence-electron chi connectivity index (χ1n) is 8.86. The number of hydrogen-bond acceptors (Lipinski definition) is 7. The van der Waals surface area contributed by atoms with Gasteiger partial charge < -0.3 is 29.7 Å². The molecule has 0 aliphatic carbocycles. The lowest BCUT2D eigenvalue weighted by atomic mass is 10.1. The van der Waals surface area contributed by atoms with Crippen molar-refractivity contribution in [1.82, 2.24) is 19.5 Å². The fourth-order valence-electron chi connectivity index (χ4n) is 3.13. The van der Waals surface area contributed by atoms with Crippen LogP contribution in [0.3, 0.4) is 0 Å². The van der Waals surface area contributed by atoms with E-state index in [1.165, 1.54) is 10.9 Å². The maximum atomic E-state index is 13.0. The Morgan fingerprint density at radius 2 is 1.69 bits per heavy atom. The molecule has 1 atom stereocenters. The minimum Gasteiger partial charge on any atom is -0.368 e. The molecule has 0 saturated carbocycles. The number of imidazole rings is 1. The third kappa shape index (κ3) is 6.21. The molecule has 182 valence electrons. The third-order valence-corrected chi connectivity index (χ3v) is 5.73. The van der Waals surface area contributed by atoms with Crippen LogP contribution in [0.4, 0.5) is 38.1 Å². The van der Waals surface area contributed by atoms with Crippen molar-refractivity contribution in [2.45, 2.75) is 50.1 Å². The van der Waals surface area contributed by atoms with Gasteiger partial charge in [0.1, 0.15) is 0 Å². The van der Waals surface area contributed by atoms with Gasteiger partial charge in [0.25, 0.3) is 0 Å². The van der Waals surface area contributed by atoms with Crippen LogP contribution in [-0.4, -0.2) is 67.2 Å². The number of nitrogens with two attached hydrogens (primary N) is 1. The number of aromatic nitrogens is 4. The molecule has 4 N–H and O–H groups in total. The van der Waals surface area contributed by atoms with Crippen LogP contribution < -0.4 is 10.6 Å². The summed E-state index contributed by atoms with van der Waals surface area (Å²) in [6.45, 7) is 0.637. The van der Waals surface area contributed by atoms with E-state index in [0.29, 0.717) is 5.82 Å². The van der Waals surface area contributed by atoms with Gasteiger partial charge in [-0.05, 0) is 6.92 Å². The van der Waals surface area contributed by atoms with Crippen LogP contribution in [0.2, 0.25) is 0 Å². The van der Waals surface area contributed by atoms with Crippen LogP contribution in [0.25, 0.3) is 11.2 Å². The van der Waals surface area contributed by atoms with Crippen LogP contribution >= 0.6 is 7.60 Å². The topological polar surface area (TPSA) is 140 Å². The van der Waals surface area contributed by atoms with E-state index >= 15 is 0 Å². The van der Waals surface area contributed by atoms with E-state index in [9.17, 15) is 40.7 Å². The average Bonchev–Trinajstić information content (AvgIpc) is 2.92. The highest BCUT2D eigenvalue weighted by Crippen LogP contribution is 2.60. The van der Waals surface area contributed by atoms with Crippen molar-refractivity contribution in [2.24, 2.45) is 0 Å². The summed E-state index contributed by atoms with van der Waals surface area (Å²) in [5.41, 5.74) is 5.99. The highest BCUT2D eigenvalue weighted by Gasteiger charge is 2.60. The van der Waals surface area contributed by atoms with E-state index in [1.807, 2.05) is 0 Å². The Balaban J connectivity index is 2.44. The third-order valence-electron chi connectivity index (χ3n) is 4.24. The number of rotatable bonds is 8. The molecule has 0 spiro atoms. The smallest absolute Gasteiger partial charge is 0.368 e. The predicted molar refractivity (Wildman–Crippen MR) is 101 cm³/mol. The van der Waals surface area contributed by atoms with Gasteiger partial charge in [0.05, 0.1) is 31.8 Å². The summed E-state index contributed by atoms with van der Waals surface area (Å²) in [5.74, 6) is 0.133. The van der Waals surface area contributed by atoms with Gasteiger partial charge in [-0.25, -0.2) is 4.98 Å². The molecule has 0 bridgehead atoms. The van der Waals surface area contributed by atoms with Gasteiger partial charge in [-0.15, -0.1) is 0 Å². The Morgan fingerprint density at radius 3 is 2.12 bits per heavy atom. The standard InChI is InChI=1S/C15H21F6N6O4P/c1-8(4-27-7-23-9-10(26(2)3)24-12(22)25-11(9)27)31-13(32(28,29)30,5-14(16,17)18)6-15(19,20)21/h7-8H,4-6H2,1-3H3,(H2,22,24,25)(H2,28,29,30). The molecule has 0 amide bonds. The molecule has 2 rings (SSSR count). The molecule has 0 aliphatic rings. The Kier molecular flexibility index (Phi) is 7.05. The number of fused-ring (bicyclic) bond motifs is 1. The first kappa shape index (κ1) is 26.1. The van der Waals surface area contributed by atoms with Crippen molar-refractivity contribution in [1.29, 1.82) is 0 Å². The lowest BCUT2D eigenvalue weighted by molar-refractivity contribution is -0.220. The lowest BCUT2D eigenvalue weighted by Crippen LogP contribution is -2.44. The average molecular weight is 494 g/mol. The Bertz CT molecular complexity index is 989. The second kappa shape index (κ2) is 8.65. The fraction of sp³-hybridized carbons (Fsp3) is 0.667. The van der Waals surface area contributed by atoms with Crippen molar-refractivity contribution in [2.75, 3.05) is 24.7 Å². The first-order valence-corrected chi connectivity index (χ1v) is 10.5. The normalized spacial score (nSPS) is 14.7. The minimum atomic E-state index is -6.06. The highest BCUT2D eigenvalue weighted by atomic mass is 31.2. The predicted octanol–water partition coefficient (Wildman–Crippen LogP) is 2.66. The maximum Gasteiger partial charge on any atom is 0.392 e. The number of halogens is 6. The van der Waals surface area contributed by atoms with Crippen LogP contribution in [0.15, 0.2) is 6.33 Å². The fourth-order valence-corrected chi connectivity index (χ4v) is 4.21. The maximum absolute atomic E-state index is 13.0.